The molecule has 0 unspecified atom stereocenters. The molecule has 0 fully saturated rings. The smallest absolute Gasteiger partial charge is 0.158 e. The molecule has 5 aromatic rings. The van der Waals surface area contributed by atoms with E-state index in [0.29, 0.717) is 11.5 Å². The Morgan fingerprint density at radius 3 is 2.17 bits per heavy atom. The highest BCUT2D eigenvalue weighted by atomic mass is 14.9. The molecular formula is C44H40N4. The van der Waals surface area contributed by atoms with E-state index >= 15 is 0 Å². The van der Waals surface area contributed by atoms with Crippen LogP contribution < -0.4 is 0 Å². The number of hydrogen-bond donors (Lipinski definition) is 0. The standard InChI is InChI=1S/C44H40N4/c1-9-12-16-29(4)31(6)46-42-30(5)19-20-36-25-28-41(48-43(36)42)40-27-26-37(38-17-13-14-18-39(38)40)35-23-21-34(22-24-35)32(7)47-44(45-8)33(11-3)15-10-2/h9-28H,1,4,7-8H2,2-3,5-6H3/b15-10-,16-12-,33-11+,46-31+,47-44-. The third kappa shape index (κ3) is 7.03. The lowest BCUT2D eigenvalue weighted by atomic mass is 9.93. The maximum Gasteiger partial charge on any atom is 0.158 e. The predicted octanol–water partition coefficient (Wildman–Crippen LogP) is 12.0. The van der Waals surface area contributed by atoms with Crippen LogP contribution in [0.5, 0.6) is 0 Å². The molecule has 236 valence electrons. The van der Waals surface area contributed by atoms with Gasteiger partial charge in [0, 0.05) is 22.2 Å². The van der Waals surface area contributed by atoms with Crippen molar-refractivity contribution in [2.75, 3.05) is 0 Å². The van der Waals surface area contributed by atoms with E-state index in [2.05, 4.69) is 128 Å². The van der Waals surface area contributed by atoms with Crippen LogP contribution in [0.1, 0.15) is 31.9 Å². The number of nitrogens with zero attached hydrogens (tertiary/aromatic N) is 4. The predicted molar refractivity (Wildman–Crippen MR) is 211 cm³/mol. The third-order valence-corrected chi connectivity index (χ3v) is 8.25. The number of benzene rings is 4. The van der Waals surface area contributed by atoms with Gasteiger partial charge < -0.3 is 0 Å². The van der Waals surface area contributed by atoms with Gasteiger partial charge in [-0.1, -0.05) is 135 Å². The minimum absolute atomic E-state index is 0.545. The van der Waals surface area contributed by atoms with E-state index in [9.17, 15) is 0 Å². The van der Waals surface area contributed by atoms with Crippen molar-refractivity contribution in [2.24, 2.45) is 15.0 Å². The molecular weight excluding hydrogens is 585 g/mol. The van der Waals surface area contributed by atoms with Crippen molar-refractivity contribution in [3.05, 3.63) is 163 Å². The number of amidine groups is 1. The average Bonchev–Trinajstić information content (AvgIpc) is 3.12. The number of aryl methyl sites for hydroxylation is 1. The highest BCUT2D eigenvalue weighted by Gasteiger charge is 2.14. The summed E-state index contributed by atoms with van der Waals surface area (Å²) >= 11 is 0. The van der Waals surface area contributed by atoms with Crippen molar-refractivity contribution in [3.63, 3.8) is 0 Å². The Kier molecular flexibility index (Phi) is 10.5. The van der Waals surface area contributed by atoms with Crippen LogP contribution in [0.4, 0.5) is 5.69 Å². The average molecular weight is 625 g/mol. The van der Waals surface area contributed by atoms with Gasteiger partial charge in [-0.3, -0.25) is 4.99 Å². The lowest BCUT2D eigenvalue weighted by molar-refractivity contribution is 1.35. The number of rotatable bonds is 10. The van der Waals surface area contributed by atoms with Gasteiger partial charge in [-0.05, 0) is 79.1 Å². The van der Waals surface area contributed by atoms with Gasteiger partial charge in [0.15, 0.2) is 5.84 Å². The lowest BCUT2D eigenvalue weighted by Gasteiger charge is -2.14. The summed E-state index contributed by atoms with van der Waals surface area (Å²) < 4.78 is 0. The molecule has 0 N–H and O–H groups in total. The maximum atomic E-state index is 5.21. The van der Waals surface area contributed by atoms with Crippen LogP contribution in [0.3, 0.4) is 0 Å². The quantitative estimate of drug-likeness (QED) is 0.0866. The van der Waals surface area contributed by atoms with E-state index in [0.717, 1.165) is 77.7 Å². The molecule has 0 amide bonds. The number of fused-ring (bicyclic) bond motifs is 2. The third-order valence-electron chi connectivity index (χ3n) is 8.25. The van der Waals surface area contributed by atoms with Crippen LogP contribution in [-0.4, -0.2) is 23.2 Å². The Balaban J connectivity index is 1.55. The van der Waals surface area contributed by atoms with Crippen LogP contribution in [-0.2, 0) is 0 Å². The summed E-state index contributed by atoms with van der Waals surface area (Å²) in [7, 11) is 0. The van der Waals surface area contributed by atoms with Crippen molar-refractivity contribution < 1.29 is 0 Å². The Morgan fingerprint density at radius 1 is 0.812 bits per heavy atom. The molecule has 1 aromatic heterocycles. The fourth-order valence-corrected chi connectivity index (χ4v) is 5.59. The number of pyridine rings is 1. The van der Waals surface area contributed by atoms with E-state index in [4.69, 9.17) is 9.98 Å². The summed E-state index contributed by atoms with van der Waals surface area (Å²) in [6.07, 6.45) is 11.4. The van der Waals surface area contributed by atoms with Crippen LogP contribution in [0.25, 0.3) is 49.8 Å². The van der Waals surface area contributed by atoms with Crippen molar-refractivity contribution >= 4 is 51.3 Å². The highest BCUT2D eigenvalue weighted by Crippen LogP contribution is 2.37. The van der Waals surface area contributed by atoms with Crippen LogP contribution in [0, 0.1) is 6.92 Å². The number of hydrogen-bond acceptors (Lipinski definition) is 3. The van der Waals surface area contributed by atoms with Crippen LogP contribution >= 0.6 is 0 Å². The molecule has 0 saturated carbocycles. The molecule has 5 rings (SSSR count). The summed E-state index contributed by atoms with van der Waals surface area (Å²) in [6, 6.07) is 29.6. The van der Waals surface area contributed by atoms with Gasteiger partial charge in [0.25, 0.3) is 0 Å². The largest absolute Gasteiger partial charge is 0.251 e. The second-order valence-electron chi connectivity index (χ2n) is 11.4. The van der Waals surface area contributed by atoms with E-state index in [-0.39, 0.29) is 0 Å². The number of aliphatic imine (C=N–C) groups is 3. The van der Waals surface area contributed by atoms with E-state index in [1.54, 1.807) is 6.08 Å². The molecule has 0 saturated heterocycles. The lowest BCUT2D eigenvalue weighted by Crippen LogP contribution is -1.97. The van der Waals surface area contributed by atoms with Crippen molar-refractivity contribution in [1.82, 2.24) is 4.98 Å². The van der Waals surface area contributed by atoms with Gasteiger partial charge >= 0.3 is 0 Å². The zero-order valence-electron chi connectivity index (χ0n) is 28.2. The molecule has 0 aliphatic carbocycles. The molecule has 4 nitrogen and oxygen atoms in total. The minimum atomic E-state index is 0.545. The van der Waals surface area contributed by atoms with Crippen molar-refractivity contribution in [2.45, 2.75) is 27.7 Å². The fourth-order valence-electron chi connectivity index (χ4n) is 5.59. The summed E-state index contributed by atoms with van der Waals surface area (Å²) in [4.78, 5) is 19.0. The van der Waals surface area contributed by atoms with Gasteiger partial charge in [0.1, 0.15) is 0 Å². The first-order valence-electron chi connectivity index (χ1n) is 15.9. The molecule has 4 heteroatoms. The molecule has 0 aliphatic rings. The first kappa shape index (κ1) is 33.4. The Labute approximate surface area is 284 Å². The minimum Gasteiger partial charge on any atom is -0.251 e. The normalized spacial score (nSPS) is 12.7. The maximum absolute atomic E-state index is 5.21. The van der Waals surface area contributed by atoms with E-state index in [1.807, 2.05) is 51.2 Å². The molecule has 48 heavy (non-hydrogen) atoms. The zero-order chi connectivity index (χ0) is 34.2. The van der Waals surface area contributed by atoms with Gasteiger partial charge in [-0.25, -0.2) is 15.0 Å². The molecule has 0 atom stereocenters. The Morgan fingerprint density at radius 2 is 1.50 bits per heavy atom. The first-order valence-corrected chi connectivity index (χ1v) is 15.9. The van der Waals surface area contributed by atoms with Gasteiger partial charge in [0.05, 0.1) is 22.6 Å². The van der Waals surface area contributed by atoms with Crippen molar-refractivity contribution in [1.29, 1.82) is 0 Å². The SMILES string of the molecule is C=C/C=C\C(=C)/C(C)=N/c1c(C)ccc2ccc(-c3ccc(-c4ccc(C(=C)/N=C(N=C)/C(/C=C\C)=C/C)cc4)c4ccccc34)nc12. The van der Waals surface area contributed by atoms with Gasteiger partial charge in [-0.15, -0.1) is 0 Å². The number of allylic oxidation sites excluding steroid dienone is 6. The molecule has 0 radical (unpaired) electrons. The zero-order valence-corrected chi connectivity index (χ0v) is 28.2. The topological polar surface area (TPSA) is 50.0 Å². The second kappa shape index (κ2) is 15.1. The Hall–Kier alpha value is -6.00. The van der Waals surface area contributed by atoms with Crippen LogP contribution in [0.15, 0.2) is 167 Å². The monoisotopic (exact) mass is 624 g/mol. The summed E-state index contributed by atoms with van der Waals surface area (Å²) in [5.41, 5.74) is 11.1. The molecule has 0 bridgehead atoms. The van der Waals surface area contributed by atoms with E-state index < -0.39 is 0 Å². The molecule has 4 aromatic carbocycles. The molecule has 0 spiro atoms. The second-order valence-corrected chi connectivity index (χ2v) is 11.4. The first-order chi connectivity index (χ1) is 23.3. The van der Waals surface area contributed by atoms with E-state index in [1.165, 1.54) is 0 Å². The van der Waals surface area contributed by atoms with Crippen LogP contribution in [0.2, 0.25) is 0 Å². The van der Waals surface area contributed by atoms with Gasteiger partial charge in [0.2, 0.25) is 0 Å². The summed E-state index contributed by atoms with van der Waals surface area (Å²) in [6.45, 7) is 23.8. The summed E-state index contributed by atoms with van der Waals surface area (Å²) in [5, 5.41) is 3.31. The number of aromatic nitrogens is 1. The molecule has 0 aliphatic heterocycles. The Bertz CT molecular complexity index is 2220. The van der Waals surface area contributed by atoms with Crippen molar-refractivity contribution in [3.8, 4) is 22.4 Å². The molecule has 1 heterocycles. The highest BCUT2D eigenvalue weighted by molar-refractivity contribution is 6.07. The summed E-state index contributed by atoms with van der Waals surface area (Å²) in [5.74, 6) is 0.545. The fraction of sp³-hybridized carbons (Fsp3) is 0.0909. The van der Waals surface area contributed by atoms with Gasteiger partial charge in [-0.2, -0.15) is 0 Å².